The summed E-state index contributed by atoms with van der Waals surface area (Å²) in [4.78, 5) is 0. The van der Waals surface area contributed by atoms with Crippen LogP contribution >= 0.6 is 11.6 Å². The Morgan fingerprint density at radius 2 is 1.89 bits per heavy atom. The van der Waals surface area contributed by atoms with Gasteiger partial charge in [-0.15, -0.1) is 0 Å². The lowest BCUT2D eigenvalue weighted by Crippen LogP contribution is -2.34. The Morgan fingerprint density at radius 1 is 1.28 bits per heavy atom. The second kappa shape index (κ2) is 7.62. The average Bonchev–Trinajstić information content (AvgIpc) is 2.33. The first-order chi connectivity index (χ1) is 8.58. The Bertz CT molecular complexity index is 359. The molecule has 0 aliphatic carbocycles. The van der Waals surface area contributed by atoms with Crippen LogP contribution in [-0.4, -0.2) is 32.9 Å². The van der Waals surface area contributed by atoms with Gasteiger partial charge in [0.05, 0.1) is 6.61 Å². The largest absolute Gasteiger partial charge is 0.487 e. The molecule has 18 heavy (non-hydrogen) atoms. The monoisotopic (exact) mass is 271 g/mol. The van der Waals surface area contributed by atoms with Crippen LogP contribution in [0.15, 0.2) is 12.1 Å². The molecule has 0 amide bonds. The lowest BCUT2D eigenvalue weighted by atomic mass is 10.1. The first-order valence-electron chi connectivity index (χ1n) is 6.21. The lowest BCUT2D eigenvalue weighted by molar-refractivity contribution is 0.0809. The lowest BCUT2D eigenvalue weighted by Gasteiger charge is -2.19. The smallest absolute Gasteiger partial charge is 0.134 e. The molecule has 0 aliphatic rings. The number of rotatable bonds is 7. The maximum absolute atomic E-state index is 6.14. The highest BCUT2D eigenvalue weighted by Gasteiger charge is 2.11. The summed E-state index contributed by atoms with van der Waals surface area (Å²) in [7, 11) is 1.68. The van der Waals surface area contributed by atoms with Crippen molar-refractivity contribution in [3.8, 4) is 5.75 Å². The number of ether oxygens (including phenoxy) is 2. The van der Waals surface area contributed by atoms with Crippen LogP contribution in [0.1, 0.15) is 18.1 Å². The van der Waals surface area contributed by atoms with E-state index in [2.05, 4.69) is 12.2 Å². The van der Waals surface area contributed by atoms with Crippen molar-refractivity contribution in [1.29, 1.82) is 0 Å². The van der Waals surface area contributed by atoms with Crippen LogP contribution in [0.2, 0.25) is 5.02 Å². The molecule has 1 aromatic rings. The first kappa shape index (κ1) is 15.3. The molecule has 0 saturated carbocycles. The summed E-state index contributed by atoms with van der Waals surface area (Å²) in [6.07, 6.45) is 0.00919. The highest BCUT2D eigenvalue weighted by Crippen LogP contribution is 2.26. The van der Waals surface area contributed by atoms with E-state index in [1.165, 1.54) is 0 Å². The third-order valence-electron chi connectivity index (χ3n) is 2.69. The van der Waals surface area contributed by atoms with Crippen LogP contribution < -0.4 is 10.1 Å². The summed E-state index contributed by atoms with van der Waals surface area (Å²) < 4.78 is 11.1. The molecule has 1 unspecified atom stereocenters. The Balaban J connectivity index is 2.73. The van der Waals surface area contributed by atoms with Crippen LogP contribution in [0, 0.1) is 13.8 Å². The van der Waals surface area contributed by atoms with Crippen LogP contribution in [-0.2, 0) is 4.74 Å². The summed E-state index contributed by atoms with van der Waals surface area (Å²) in [5.74, 6) is 0.842. The molecule has 1 atom stereocenters. The van der Waals surface area contributed by atoms with E-state index in [1.54, 1.807) is 7.11 Å². The Kier molecular flexibility index (Phi) is 6.47. The molecule has 1 N–H and O–H groups in total. The molecule has 0 saturated heterocycles. The van der Waals surface area contributed by atoms with Gasteiger partial charge in [0.1, 0.15) is 11.9 Å². The standard InChI is InChI=1S/C14H22ClNO2/c1-5-16-8-13(9-17-4)18-12-6-10(2)14(15)11(3)7-12/h6-7,13,16H,5,8-9H2,1-4H3. The molecule has 1 aromatic carbocycles. The number of nitrogens with one attached hydrogen (secondary N) is 1. The van der Waals surface area contributed by atoms with Crippen molar-refractivity contribution in [3.63, 3.8) is 0 Å². The van der Waals surface area contributed by atoms with Gasteiger partial charge in [-0.25, -0.2) is 0 Å². The van der Waals surface area contributed by atoms with Crippen LogP contribution in [0.3, 0.4) is 0 Å². The van der Waals surface area contributed by atoms with Gasteiger partial charge in [0, 0.05) is 18.7 Å². The Hall–Kier alpha value is -0.770. The van der Waals surface area contributed by atoms with E-state index in [4.69, 9.17) is 21.1 Å². The molecule has 4 heteroatoms. The summed E-state index contributed by atoms with van der Waals surface area (Å²) in [6.45, 7) is 8.29. The van der Waals surface area contributed by atoms with Gasteiger partial charge in [0.25, 0.3) is 0 Å². The van der Waals surface area contributed by atoms with E-state index >= 15 is 0 Å². The van der Waals surface area contributed by atoms with Crippen molar-refractivity contribution in [2.45, 2.75) is 26.9 Å². The normalized spacial score (nSPS) is 12.5. The summed E-state index contributed by atoms with van der Waals surface area (Å²) in [6, 6.07) is 3.92. The minimum Gasteiger partial charge on any atom is -0.487 e. The maximum atomic E-state index is 6.14. The number of hydrogen-bond donors (Lipinski definition) is 1. The number of methoxy groups -OCH3 is 1. The predicted octanol–water partition coefficient (Wildman–Crippen LogP) is 2.96. The average molecular weight is 272 g/mol. The molecule has 0 aliphatic heterocycles. The highest BCUT2D eigenvalue weighted by molar-refractivity contribution is 6.32. The van der Waals surface area contributed by atoms with Crippen LogP contribution in [0.25, 0.3) is 0 Å². The molecule has 0 spiro atoms. The van der Waals surface area contributed by atoms with Crippen molar-refractivity contribution in [2.75, 3.05) is 26.8 Å². The first-order valence-corrected chi connectivity index (χ1v) is 6.59. The van der Waals surface area contributed by atoms with Crippen molar-refractivity contribution in [3.05, 3.63) is 28.3 Å². The zero-order chi connectivity index (χ0) is 13.5. The van der Waals surface area contributed by atoms with Gasteiger partial charge in [-0.1, -0.05) is 18.5 Å². The van der Waals surface area contributed by atoms with Gasteiger partial charge in [-0.05, 0) is 43.7 Å². The van der Waals surface area contributed by atoms with E-state index in [1.807, 2.05) is 26.0 Å². The van der Waals surface area contributed by atoms with Gasteiger partial charge in [-0.3, -0.25) is 0 Å². The number of benzene rings is 1. The SMILES string of the molecule is CCNCC(COC)Oc1cc(C)c(Cl)c(C)c1. The number of likely N-dealkylation sites (N-methyl/N-ethyl adjacent to an activating group) is 1. The molecule has 0 heterocycles. The van der Waals surface area contributed by atoms with E-state index < -0.39 is 0 Å². The Morgan fingerprint density at radius 3 is 2.39 bits per heavy atom. The van der Waals surface area contributed by atoms with E-state index in [0.29, 0.717) is 6.61 Å². The zero-order valence-corrected chi connectivity index (χ0v) is 12.3. The summed E-state index contributed by atoms with van der Waals surface area (Å²) >= 11 is 6.14. The van der Waals surface area contributed by atoms with Crippen LogP contribution in [0.5, 0.6) is 5.75 Å². The molecule has 0 aromatic heterocycles. The fraction of sp³-hybridized carbons (Fsp3) is 0.571. The van der Waals surface area contributed by atoms with Crippen molar-refractivity contribution in [1.82, 2.24) is 5.32 Å². The number of hydrogen-bond acceptors (Lipinski definition) is 3. The van der Waals surface area contributed by atoms with Crippen molar-refractivity contribution < 1.29 is 9.47 Å². The predicted molar refractivity (Wildman–Crippen MR) is 75.8 cm³/mol. The molecule has 0 fully saturated rings. The van der Waals surface area contributed by atoms with E-state index in [-0.39, 0.29) is 6.10 Å². The van der Waals surface area contributed by atoms with Gasteiger partial charge in [0.15, 0.2) is 0 Å². The molecular weight excluding hydrogens is 250 g/mol. The van der Waals surface area contributed by atoms with Crippen LogP contribution in [0.4, 0.5) is 0 Å². The fourth-order valence-electron chi connectivity index (χ4n) is 1.79. The van der Waals surface area contributed by atoms with E-state index in [9.17, 15) is 0 Å². The van der Waals surface area contributed by atoms with Gasteiger partial charge in [-0.2, -0.15) is 0 Å². The summed E-state index contributed by atoms with van der Waals surface area (Å²) in [5.41, 5.74) is 2.07. The van der Waals surface area contributed by atoms with E-state index in [0.717, 1.165) is 35.0 Å². The van der Waals surface area contributed by atoms with Gasteiger partial charge in [0.2, 0.25) is 0 Å². The minimum atomic E-state index is 0.00919. The molecule has 0 bridgehead atoms. The summed E-state index contributed by atoms with van der Waals surface area (Å²) in [5, 5.41) is 4.07. The fourth-order valence-corrected chi connectivity index (χ4v) is 1.90. The quantitative estimate of drug-likeness (QED) is 0.827. The topological polar surface area (TPSA) is 30.5 Å². The second-order valence-corrected chi connectivity index (χ2v) is 4.75. The Labute approximate surface area is 114 Å². The molecule has 1 rings (SSSR count). The number of halogens is 1. The second-order valence-electron chi connectivity index (χ2n) is 4.37. The van der Waals surface area contributed by atoms with Gasteiger partial charge >= 0.3 is 0 Å². The molecule has 102 valence electrons. The molecule has 3 nitrogen and oxygen atoms in total. The maximum Gasteiger partial charge on any atom is 0.134 e. The molecular formula is C14H22ClNO2. The van der Waals surface area contributed by atoms with Gasteiger partial charge < -0.3 is 14.8 Å². The number of aryl methyl sites for hydroxylation is 2. The molecule has 0 radical (unpaired) electrons. The zero-order valence-electron chi connectivity index (χ0n) is 11.5. The van der Waals surface area contributed by atoms with Crippen molar-refractivity contribution >= 4 is 11.6 Å². The minimum absolute atomic E-state index is 0.00919. The third kappa shape index (κ3) is 4.48. The highest BCUT2D eigenvalue weighted by atomic mass is 35.5. The third-order valence-corrected chi connectivity index (χ3v) is 3.28. The van der Waals surface area contributed by atoms with Crippen molar-refractivity contribution in [2.24, 2.45) is 0 Å².